The number of benzene rings is 4. The van der Waals surface area contributed by atoms with Gasteiger partial charge >= 0.3 is 0 Å². The van der Waals surface area contributed by atoms with Crippen LogP contribution < -0.4 is 14.2 Å². The molecule has 1 aliphatic heterocycles. The molecule has 4 aromatic carbocycles. The van der Waals surface area contributed by atoms with Crippen LogP contribution in [0.15, 0.2) is 78.9 Å². The van der Waals surface area contributed by atoms with Crippen molar-refractivity contribution in [2.24, 2.45) is 0 Å². The maximum atomic E-state index is 6.51. The van der Waals surface area contributed by atoms with Gasteiger partial charge in [0.2, 0.25) is 0 Å². The Bertz CT molecular complexity index is 1390. The van der Waals surface area contributed by atoms with Gasteiger partial charge in [0.1, 0.15) is 17.3 Å². The molecule has 5 rings (SSSR count). The molecule has 1 aliphatic rings. The molecule has 4 aromatic rings. The molecule has 0 radical (unpaired) electrons. The molecule has 34 heavy (non-hydrogen) atoms. The van der Waals surface area contributed by atoms with E-state index in [0.717, 1.165) is 39.5 Å². The lowest BCUT2D eigenvalue weighted by atomic mass is 9.97. The van der Waals surface area contributed by atoms with Crippen molar-refractivity contribution in [1.82, 2.24) is 0 Å². The van der Waals surface area contributed by atoms with Gasteiger partial charge in [-0.1, -0.05) is 42.5 Å². The van der Waals surface area contributed by atoms with E-state index in [1.807, 2.05) is 49.4 Å². The molecule has 0 aliphatic carbocycles. The van der Waals surface area contributed by atoms with E-state index in [-0.39, 0.29) is 0 Å². The summed E-state index contributed by atoms with van der Waals surface area (Å²) in [6.07, 6.45) is 4.13. The first-order valence-corrected chi connectivity index (χ1v) is 11.3. The third-order valence-corrected chi connectivity index (χ3v) is 5.89. The molecular formula is C30H26O4. The average molecular weight is 451 g/mol. The van der Waals surface area contributed by atoms with E-state index >= 15 is 0 Å². The van der Waals surface area contributed by atoms with E-state index in [9.17, 15) is 0 Å². The van der Waals surface area contributed by atoms with Gasteiger partial charge in [0.15, 0.2) is 11.5 Å². The van der Waals surface area contributed by atoms with Crippen molar-refractivity contribution in [1.29, 1.82) is 0 Å². The first-order chi connectivity index (χ1) is 16.7. The van der Waals surface area contributed by atoms with Crippen LogP contribution in [0.1, 0.15) is 29.2 Å². The Morgan fingerprint density at radius 1 is 0.824 bits per heavy atom. The van der Waals surface area contributed by atoms with Crippen LogP contribution in [0.5, 0.6) is 17.2 Å². The van der Waals surface area contributed by atoms with Crippen LogP contribution >= 0.6 is 0 Å². The van der Waals surface area contributed by atoms with Crippen molar-refractivity contribution in [3.63, 3.8) is 0 Å². The fraction of sp³-hybridized carbons (Fsp3) is 0.133. The smallest absolute Gasteiger partial charge is 0.161 e. The molecule has 0 bridgehead atoms. The zero-order valence-electron chi connectivity index (χ0n) is 19.5. The second-order valence-corrected chi connectivity index (χ2v) is 7.94. The molecule has 0 saturated heterocycles. The predicted octanol–water partition coefficient (Wildman–Crippen LogP) is 7.28. The van der Waals surface area contributed by atoms with Crippen molar-refractivity contribution < 1.29 is 18.9 Å². The molecule has 0 fully saturated rings. The Balaban J connectivity index is 1.66. The van der Waals surface area contributed by atoms with Crippen LogP contribution in [-0.2, 0) is 4.74 Å². The molecule has 1 heterocycles. The zero-order chi connectivity index (χ0) is 23.5. The molecule has 0 N–H and O–H groups in total. The predicted molar refractivity (Wildman–Crippen MR) is 138 cm³/mol. The standard InChI is InChI=1S/C30H26O4/c1-4-33-24-14-12-21(13-15-24)27-17-23-18-29(31-2)30(32-3)19-26(23)28(34-27)16-22-10-7-9-20-8-5-6-11-25(20)22/h5-19H,4H2,1-3H3. The highest BCUT2D eigenvalue weighted by atomic mass is 16.5. The van der Waals surface area contributed by atoms with Crippen molar-refractivity contribution in [2.75, 3.05) is 20.8 Å². The van der Waals surface area contributed by atoms with E-state index in [1.54, 1.807) is 14.2 Å². The molecule has 0 atom stereocenters. The second-order valence-electron chi connectivity index (χ2n) is 7.94. The Hall–Kier alpha value is -4.18. The summed E-state index contributed by atoms with van der Waals surface area (Å²) in [7, 11) is 3.29. The fourth-order valence-corrected chi connectivity index (χ4v) is 4.22. The number of fused-ring (bicyclic) bond motifs is 2. The SMILES string of the molecule is CCOc1ccc(C2=Cc3cc(OC)c(OC)cc3C(=Cc3cccc4ccccc34)O2)cc1. The lowest BCUT2D eigenvalue weighted by Crippen LogP contribution is -2.04. The fourth-order valence-electron chi connectivity index (χ4n) is 4.22. The van der Waals surface area contributed by atoms with E-state index < -0.39 is 0 Å². The average Bonchev–Trinajstić information content (AvgIpc) is 2.88. The Morgan fingerprint density at radius 2 is 1.56 bits per heavy atom. The van der Waals surface area contributed by atoms with Crippen LogP contribution in [0.25, 0.3) is 34.4 Å². The van der Waals surface area contributed by atoms with Gasteiger partial charge in [-0.2, -0.15) is 0 Å². The molecule has 0 saturated carbocycles. The van der Waals surface area contributed by atoms with Crippen LogP contribution in [0.2, 0.25) is 0 Å². The van der Waals surface area contributed by atoms with Gasteiger partial charge in [-0.05, 0) is 77.4 Å². The van der Waals surface area contributed by atoms with Crippen molar-refractivity contribution >= 4 is 34.4 Å². The van der Waals surface area contributed by atoms with Gasteiger partial charge in [-0.25, -0.2) is 0 Å². The second kappa shape index (κ2) is 9.36. The highest BCUT2D eigenvalue weighted by Crippen LogP contribution is 2.42. The molecule has 4 nitrogen and oxygen atoms in total. The summed E-state index contributed by atoms with van der Waals surface area (Å²) in [6, 6.07) is 26.5. The number of hydrogen-bond donors (Lipinski definition) is 0. The maximum absolute atomic E-state index is 6.51. The Kier molecular flexibility index (Phi) is 5.96. The lowest BCUT2D eigenvalue weighted by molar-refractivity contribution is 0.340. The molecule has 0 amide bonds. The Morgan fingerprint density at radius 3 is 2.32 bits per heavy atom. The van der Waals surface area contributed by atoms with E-state index in [4.69, 9.17) is 18.9 Å². The molecule has 170 valence electrons. The number of hydrogen-bond acceptors (Lipinski definition) is 4. The van der Waals surface area contributed by atoms with Crippen molar-refractivity contribution in [3.05, 3.63) is 101 Å². The van der Waals surface area contributed by atoms with Crippen molar-refractivity contribution in [3.8, 4) is 17.2 Å². The van der Waals surface area contributed by atoms with Gasteiger partial charge < -0.3 is 18.9 Å². The summed E-state index contributed by atoms with van der Waals surface area (Å²) in [5.74, 6) is 3.68. The first-order valence-electron chi connectivity index (χ1n) is 11.3. The molecule has 4 heteroatoms. The summed E-state index contributed by atoms with van der Waals surface area (Å²) in [5.41, 5.74) is 3.99. The third kappa shape index (κ3) is 4.11. The van der Waals surface area contributed by atoms with Crippen LogP contribution in [-0.4, -0.2) is 20.8 Å². The molecule has 0 aromatic heterocycles. The highest BCUT2D eigenvalue weighted by molar-refractivity contribution is 5.98. The highest BCUT2D eigenvalue weighted by Gasteiger charge is 2.22. The van der Waals surface area contributed by atoms with Crippen LogP contribution in [0.3, 0.4) is 0 Å². The topological polar surface area (TPSA) is 36.9 Å². The largest absolute Gasteiger partial charge is 0.494 e. The van der Waals surface area contributed by atoms with E-state index in [2.05, 4.69) is 48.5 Å². The minimum Gasteiger partial charge on any atom is -0.494 e. The summed E-state index contributed by atoms with van der Waals surface area (Å²) >= 11 is 0. The van der Waals surface area contributed by atoms with Gasteiger partial charge in [0, 0.05) is 11.1 Å². The molecular weight excluding hydrogens is 424 g/mol. The van der Waals surface area contributed by atoms with Crippen LogP contribution in [0, 0.1) is 0 Å². The Labute approximate surface area is 199 Å². The quantitative estimate of drug-likeness (QED) is 0.309. The maximum Gasteiger partial charge on any atom is 0.161 e. The third-order valence-electron chi connectivity index (χ3n) is 5.89. The van der Waals surface area contributed by atoms with Gasteiger partial charge in [0.05, 0.1) is 20.8 Å². The van der Waals surface area contributed by atoms with Crippen molar-refractivity contribution in [2.45, 2.75) is 6.92 Å². The monoisotopic (exact) mass is 450 g/mol. The molecule has 0 spiro atoms. The van der Waals surface area contributed by atoms with Gasteiger partial charge in [-0.3, -0.25) is 0 Å². The van der Waals surface area contributed by atoms with E-state index in [0.29, 0.717) is 18.1 Å². The zero-order valence-corrected chi connectivity index (χ0v) is 19.5. The number of ether oxygens (including phenoxy) is 4. The van der Waals surface area contributed by atoms with Gasteiger partial charge in [0.25, 0.3) is 0 Å². The number of methoxy groups -OCH3 is 2. The summed E-state index contributed by atoms with van der Waals surface area (Å²) in [6.45, 7) is 2.61. The number of rotatable bonds is 6. The summed E-state index contributed by atoms with van der Waals surface area (Å²) in [4.78, 5) is 0. The normalized spacial score (nSPS) is 13.7. The van der Waals surface area contributed by atoms with Gasteiger partial charge in [-0.15, -0.1) is 0 Å². The first kappa shape index (κ1) is 21.7. The lowest BCUT2D eigenvalue weighted by Gasteiger charge is -2.23. The minimum atomic E-state index is 0.630. The molecule has 0 unspecified atom stereocenters. The summed E-state index contributed by atoms with van der Waals surface area (Å²) in [5, 5.41) is 2.35. The summed E-state index contributed by atoms with van der Waals surface area (Å²) < 4.78 is 23.3. The van der Waals surface area contributed by atoms with Crippen LogP contribution in [0.4, 0.5) is 0 Å². The van der Waals surface area contributed by atoms with E-state index in [1.165, 1.54) is 10.8 Å². The minimum absolute atomic E-state index is 0.630.